The molecule has 54 heavy (non-hydrogen) atoms. The summed E-state index contributed by atoms with van der Waals surface area (Å²) in [6.45, 7) is -2.11. The lowest BCUT2D eigenvalue weighted by molar-refractivity contribution is -0.746. The second kappa shape index (κ2) is 14.6. The van der Waals surface area contributed by atoms with E-state index in [9.17, 15) is 48.4 Å². The van der Waals surface area contributed by atoms with Crippen molar-refractivity contribution in [2.45, 2.75) is 49.1 Å². The third-order valence-electron chi connectivity index (χ3n) is 8.27. The minimum atomic E-state index is -5.83. The largest absolute Gasteiger partial charge is 0.756 e. The van der Waals surface area contributed by atoms with Crippen LogP contribution in [0.2, 0.25) is 0 Å². The highest BCUT2D eigenvalue weighted by Crippen LogP contribution is 2.65. The Labute approximate surface area is 302 Å². The number of phosphoric acid groups is 2. The van der Waals surface area contributed by atoms with Crippen LogP contribution in [0.1, 0.15) is 12.5 Å². The lowest BCUT2D eigenvalue weighted by Gasteiger charge is -2.37. The number of nitrogens with one attached hydrogen (secondary N) is 2. The van der Waals surface area contributed by atoms with Crippen molar-refractivity contribution in [3.05, 3.63) is 33.4 Å². The van der Waals surface area contributed by atoms with Gasteiger partial charge in [0.1, 0.15) is 36.6 Å². The number of nitrogen functional groups attached to an aromatic ring is 2. The number of aryl methyl sites for hydroxylation is 2. The zero-order valence-electron chi connectivity index (χ0n) is 28.0. The number of nitrogens with two attached hydrogens (primary N) is 2. The van der Waals surface area contributed by atoms with Crippen LogP contribution in [-0.4, -0.2) is 109 Å². The van der Waals surface area contributed by atoms with Gasteiger partial charge in [-0.1, -0.05) is 9.97 Å². The smallest absolute Gasteiger partial charge is 0.313 e. The molecule has 4 aromatic heterocycles. The molecule has 0 saturated carbocycles. The normalized spacial score (nSPS) is 29.4. The number of hydrogen-bond acceptors (Lipinski definition) is 21. The lowest BCUT2D eigenvalue weighted by atomic mass is 10.1. The predicted octanol–water partition coefficient (Wildman–Crippen LogP) is -5.55. The number of nitrogens with zero attached hydrogens (tertiary/aromatic N) is 6. The number of anilines is 2. The fourth-order valence-electron chi connectivity index (χ4n) is 6.01. The summed E-state index contributed by atoms with van der Waals surface area (Å²) in [6, 6.07) is 0. The quantitative estimate of drug-likeness (QED) is 0.0375. The van der Waals surface area contributed by atoms with Gasteiger partial charge in [-0.3, -0.25) is 46.4 Å². The number of aliphatic hydroxyl groups excluding tert-OH is 3. The predicted molar refractivity (Wildman–Crippen MR) is 171 cm³/mol. The van der Waals surface area contributed by atoms with Gasteiger partial charge in [-0.25, -0.2) is 9.13 Å². The third-order valence-corrected chi connectivity index (χ3v) is 12.6. The highest BCUT2D eigenvalue weighted by atomic mass is 31.3. The Balaban J connectivity index is 1.06. The van der Waals surface area contributed by atoms with Gasteiger partial charge in [-0.15, -0.1) is 0 Å². The van der Waals surface area contributed by atoms with E-state index in [1.807, 2.05) is 0 Å². The summed E-state index contributed by atoms with van der Waals surface area (Å²) >= 11 is 0. The van der Waals surface area contributed by atoms with Crippen LogP contribution in [0.5, 0.6) is 0 Å². The lowest BCUT2D eigenvalue weighted by Crippen LogP contribution is -2.47. The van der Waals surface area contributed by atoms with E-state index in [0.29, 0.717) is 0 Å². The maximum absolute atomic E-state index is 12.7. The van der Waals surface area contributed by atoms with Crippen molar-refractivity contribution in [2.24, 2.45) is 14.1 Å². The molecule has 2 aliphatic rings. The Bertz CT molecular complexity index is 2350. The SMILES string of the molecule is [B-]P(=O)(OP(=O)([O-])OCC1O[C@@H]([n+]2cn(C)c3c(=O)[nH]c(N)nc32)[C@H](OC)[C@@H]1O)OP(=O)([O-])OC[C@H]1OC([n+]2cn(C)c3c(=O)[nH]c(N)nc32)[C@H](O)[C@@H]1O. The standard InChI is InChI=1S/C23H32BN10O17P3/c1-31-6-33(16-10(31)18(38)29-22(25)27-16)20-14(37)12(35)8(48-20)4-46-53(41,42)50-52(24,40)51-54(43,44)47-5-9-13(36)15(45-3)21(49-9)34-7-32(2)11-17(34)28-23(26)30-19(11)39/h6-9,12-15,20-21,35-37H,4-5H2,1-3H3,(H6-2,25,26,27,28,29,30,38,39,41,42,43,44)/q-1/t8-,9?,12-,13-,14-,15-,20?,21-,52?/m1/s1. The van der Waals surface area contributed by atoms with E-state index in [0.717, 1.165) is 4.57 Å². The van der Waals surface area contributed by atoms with Crippen LogP contribution in [0.15, 0.2) is 22.2 Å². The number of imidazole rings is 2. The molecule has 295 valence electrons. The molecule has 3 radical (unpaired) electrons. The number of rotatable bonds is 13. The Morgan fingerprint density at radius 3 is 1.72 bits per heavy atom. The van der Waals surface area contributed by atoms with Gasteiger partial charge in [0, 0.05) is 7.11 Å². The number of hydrogen-bond donors (Lipinski definition) is 7. The minimum Gasteiger partial charge on any atom is -0.756 e. The molecule has 2 fully saturated rings. The van der Waals surface area contributed by atoms with Crippen molar-refractivity contribution in [1.82, 2.24) is 29.1 Å². The van der Waals surface area contributed by atoms with Crippen molar-refractivity contribution in [3.63, 3.8) is 0 Å². The van der Waals surface area contributed by atoms with Gasteiger partial charge in [0.05, 0.1) is 34.8 Å². The maximum Gasteiger partial charge on any atom is 0.313 e. The second-order valence-electron chi connectivity index (χ2n) is 12.0. The van der Waals surface area contributed by atoms with Crippen molar-refractivity contribution in [1.29, 1.82) is 0 Å². The minimum absolute atomic E-state index is 0.0163. The van der Waals surface area contributed by atoms with Crippen LogP contribution in [0, 0.1) is 0 Å². The van der Waals surface area contributed by atoms with Crippen LogP contribution in [-0.2, 0) is 59.7 Å². The van der Waals surface area contributed by atoms with E-state index >= 15 is 0 Å². The van der Waals surface area contributed by atoms with Gasteiger partial charge in [0.15, 0.2) is 12.7 Å². The monoisotopic (exact) mass is 824 g/mol. The molecule has 0 spiro atoms. The zero-order chi connectivity index (χ0) is 39.7. The number of methoxy groups -OCH3 is 1. The van der Waals surface area contributed by atoms with Crippen LogP contribution < -0.4 is 41.5 Å². The molecule has 2 saturated heterocycles. The summed E-state index contributed by atoms with van der Waals surface area (Å²) < 4.78 is 77.1. The van der Waals surface area contributed by atoms with Crippen molar-refractivity contribution < 1.29 is 79.8 Å². The molecule has 6 rings (SSSR count). The summed E-state index contributed by atoms with van der Waals surface area (Å²) in [5.41, 5.74) is 10.1. The van der Waals surface area contributed by atoms with Gasteiger partial charge >= 0.3 is 11.3 Å². The molecule has 9 N–H and O–H groups in total. The van der Waals surface area contributed by atoms with Crippen LogP contribution in [0.3, 0.4) is 0 Å². The van der Waals surface area contributed by atoms with Crippen molar-refractivity contribution >= 4 is 64.9 Å². The fraction of sp³-hybridized carbons (Fsp3) is 0.565. The molecule has 0 aromatic carbocycles. The van der Waals surface area contributed by atoms with E-state index in [-0.39, 0.29) is 34.2 Å². The number of ether oxygens (including phenoxy) is 3. The van der Waals surface area contributed by atoms with Crippen LogP contribution in [0.4, 0.5) is 11.9 Å². The summed E-state index contributed by atoms with van der Waals surface area (Å²) in [4.78, 5) is 62.6. The Kier molecular flexibility index (Phi) is 10.9. The third kappa shape index (κ3) is 7.82. The van der Waals surface area contributed by atoms with Crippen molar-refractivity contribution in [3.8, 4) is 0 Å². The van der Waals surface area contributed by atoms with Crippen molar-refractivity contribution in [2.75, 3.05) is 31.8 Å². The molecule has 0 amide bonds. The Morgan fingerprint density at radius 1 is 0.833 bits per heavy atom. The second-order valence-corrected chi connectivity index (χ2v) is 16.7. The van der Waals surface area contributed by atoms with E-state index in [2.05, 4.69) is 37.6 Å². The highest BCUT2D eigenvalue weighted by molar-refractivity contribution is 7.86. The average Bonchev–Trinajstić information content (AvgIpc) is 3.74. The molecular formula is C23H32BN10O17P3-. The first kappa shape index (κ1) is 40.2. The van der Waals surface area contributed by atoms with Crippen LogP contribution in [0.25, 0.3) is 22.3 Å². The number of fused-ring (bicyclic) bond motifs is 2. The molecule has 0 aliphatic carbocycles. The molecular weight excluding hydrogens is 792 g/mol. The first-order chi connectivity index (χ1) is 25.1. The Morgan fingerprint density at radius 2 is 1.26 bits per heavy atom. The summed E-state index contributed by atoms with van der Waals surface area (Å²) in [7, 11) is -7.84. The first-order valence-corrected chi connectivity index (χ1v) is 19.8. The van der Waals surface area contributed by atoms with E-state index in [4.69, 9.17) is 33.2 Å². The number of aromatic amines is 2. The zero-order valence-corrected chi connectivity index (χ0v) is 30.7. The van der Waals surface area contributed by atoms with E-state index < -0.39 is 96.5 Å². The van der Waals surface area contributed by atoms with Crippen LogP contribution >= 0.6 is 23.1 Å². The summed E-state index contributed by atoms with van der Waals surface area (Å²) in [5.74, 6) is -0.508. The molecule has 11 atom stereocenters. The molecule has 4 aromatic rings. The highest BCUT2D eigenvalue weighted by Gasteiger charge is 2.49. The topological polar surface area (TPSA) is 384 Å². The van der Waals surface area contributed by atoms with Gasteiger partial charge in [-0.05, 0) is 0 Å². The Hall–Kier alpha value is -3.43. The number of phosphoric ester groups is 2. The van der Waals surface area contributed by atoms with Gasteiger partial charge in [0.2, 0.25) is 23.5 Å². The number of aliphatic hydroxyl groups is 3. The van der Waals surface area contributed by atoms with Gasteiger partial charge < -0.3 is 72.0 Å². The maximum atomic E-state index is 12.7. The molecule has 6 heterocycles. The molecule has 31 heteroatoms. The van der Waals surface area contributed by atoms with Gasteiger partial charge in [-0.2, -0.15) is 0 Å². The molecule has 5 unspecified atom stereocenters. The molecule has 27 nitrogen and oxygen atoms in total. The molecule has 0 bridgehead atoms. The summed E-state index contributed by atoms with van der Waals surface area (Å²) in [5, 5.41) is 32.0. The summed E-state index contributed by atoms with van der Waals surface area (Å²) in [6.07, 6.45) is -9.42. The first-order valence-electron chi connectivity index (χ1n) is 15.2. The fourth-order valence-corrected chi connectivity index (χ4v) is 9.67. The van der Waals surface area contributed by atoms with E-state index in [1.165, 1.54) is 47.6 Å². The van der Waals surface area contributed by atoms with Gasteiger partial charge in [0.25, 0.3) is 38.7 Å². The number of H-pyrrole nitrogens is 2. The molecule has 2 aliphatic heterocycles. The number of aromatic nitrogens is 8. The average molecular weight is 824 g/mol. The van der Waals surface area contributed by atoms with E-state index in [1.54, 1.807) is 0 Å².